The second-order valence-electron chi connectivity index (χ2n) is 3.42. The van der Waals surface area contributed by atoms with E-state index in [-0.39, 0.29) is 0 Å². The third kappa shape index (κ3) is 2.07. The van der Waals surface area contributed by atoms with Crippen molar-refractivity contribution in [1.82, 2.24) is 19.9 Å². The molecule has 0 aliphatic heterocycles. The van der Waals surface area contributed by atoms with E-state index >= 15 is 0 Å². The summed E-state index contributed by atoms with van der Waals surface area (Å²) in [7, 11) is 1.93. The van der Waals surface area contributed by atoms with Crippen LogP contribution in [0.3, 0.4) is 0 Å². The van der Waals surface area contributed by atoms with Gasteiger partial charge in [-0.15, -0.1) is 0 Å². The first kappa shape index (κ1) is 9.92. The molecule has 0 aromatic carbocycles. The average Bonchev–Trinajstić information content (AvgIpc) is 2.59. The first-order valence-electron chi connectivity index (χ1n) is 5.01. The summed E-state index contributed by atoms with van der Waals surface area (Å²) in [4.78, 5) is 4.29. The summed E-state index contributed by atoms with van der Waals surface area (Å²) in [6, 6.07) is 2.02. The van der Waals surface area contributed by atoms with Gasteiger partial charge in [-0.05, 0) is 20.0 Å². The summed E-state index contributed by atoms with van der Waals surface area (Å²) < 4.78 is 1.84. The van der Waals surface area contributed by atoms with Crippen LogP contribution in [0, 0.1) is 6.92 Å². The van der Waals surface area contributed by atoms with E-state index in [1.165, 1.54) is 0 Å². The summed E-state index contributed by atoms with van der Waals surface area (Å²) >= 11 is 0. The Balaban J connectivity index is 2.25. The molecule has 2 N–H and O–H groups in total. The lowest BCUT2D eigenvalue weighted by atomic mass is 10.4. The van der Waals surface area contributed by atoms with Gasteiger partial charge in [-0.25, -0.2) is 9.50 Å². The van der Waals surface area contributed by atoms with E-state index in [0.717, 1.165) is 30.1 Å². The van der Waals surface area contributed by atoms with Crippen molar-refractivity contribution < 1.29 is 0 Å². The number of hydrogen-bond acceptors (Lipinski definition) is 4. The monoisotopic (exact) mass is 205 g/mol. The number of hydrogen-bond donors (Lipinski definition) is 2. The van der Waals surface area contributed by atoms with Crippen LogP contribution in [-0.2, 0) is 0 Å². The Bertz CT molecular complexity index is 448. The lowest BCUT2D eigenvalue weighted by Crippen LogP contribution is -2.18. The summed E-state index contributed by atoms with van der Waals surface area (Å²) in [5, 5.41) is 10.7. The van der Waals surface area contributed by atoms with E-state index in [2.05, 4.69) is 20.7 Å². The molecule has 80 valence electrons. The molecule has 2 aromatic heterocycles. The van der Waals surface area contributed by atoms with Gasteiger partial charge in [0.15, 0.2) is 5.82 Å². The molecule has 5 nitrogen and oxygen atoms in total. The van der Waals surface area contributed by atoms with Gasteiger partial charge in [0.2, 0.25) is 0 Å². The number of aryl methyl sites for hydroxylation is 1. The van der Waals surface area contributed by atoms with Crippen LogP contribution in [0.1, 0.15) is 5.69 Å². The zero-order valence-electron chi connectivity index (χ0n) is 8.99. The fraction of sp³-hybridized carbons (Fsp3) is 0.400. The van der Waals surface area contributed by atoms with Gasteiger partial charge in [-0.2, -0.15) is 5.10 Å². The van der Waals surface area contributed by atoms with Crippen molar-refractivity contribution in [3.05, 3.63) is 24.2 Å². The van der Waals surface area contributed by atoms with Crippen molar-refractivity contribution in [1.29, 1.82) is 0 Å². The van der Waals surface area contributed by atoms with Crippen molar-refractivity contribution in [3.63, 3.8) is 0 Å². The van der Waals surface area contributed by atoms with Gasteiger partial charge in [0.05, 0.1) is 5.69 Å². The maximum Gasteiger partial charge on any atom is 0.152 e. The second kappa shape index (κ2) is 4.27. The highest BCUT2D eigenvalue weighted by molar-refractivity contribution is 5.67. The fourth-order valence-corrected chi connectivity index (χ4v) is 1.49. The van der Waals surface area contributed by atoms with Crippen LogP contribution in [0.4, 0.5) is 5.82 Å². The Labute approximate surface area is 88.5 Å². The predicted molar refractivity (Wildman–Crippen MR) is 60.1 cm³/mol. The standard InChI is InChI=1S/C10H15N5/c1-8-7-9-10(12-4-3-11-2)13-5-6-15(9)14-8/h5-7,11H,3-4H2,1-2H3,(H,12,13). The molecule has 0 aliphatic carbocycles. The maximum absolute atomic E-state index is 4.32. The largest absolute Gasteiger partial charge is 0.367 e. The molecule has 2 heterocycles. The highest BCUT2D eigenvalue weighted by Gasteiger charge is 2.03. The van der Waals surface area contributed by atoms with Gasteiger partial charge < -0.3 is 10.6 Å². The SMILES string of the molecule is CNCCNc1nccn2nc(C)cc12. The lowest BCUT2D eigenvalue weighted by Gasteiger charge is -2.05. The molecule has 0 aliphatic rings. The highest BCUT2D eigenvalue weighted by Crippen LogP contribution is 2.13. The summed E-state index contributed by atoms with van der Waals surface area (Å²) in [6.07, 6.45) is 3.60. The molecule has 0 bridgehead atoms. The third-order valence-corrected chi connectivity index (χ3v) is 2.18. The zero-order chi connectivity index (χ0) is 10.7. The molecule has 0 fully saturated rings. The van der Waals surface area contributed by atoms with Crippen molar-refractivity contribution in [3.8, 4) is 0 Å². The Morgan fingerprint density at radius 2 is 2.27 bits per heavy atom. The molecule has 0 spiro atoms. The van der Waals surface area contributed by atoms with E-state index in [0.29, 0.717) is 0 Å². The van der Waals surface area contributed by atoms with Crippen molar-refractivity contribution in [2.24, 2.45) is 0 Å². The van der Waals surface area contributed by atoms with Crippen LogP contribution in [0.15, 0.2) is 18.5 Å². The molecule has 2 rings (SSSR count). The molecule has 0 amide bonds. The van der Waals surface area contributed by atoms with E-state index in [9.17, 15) is 0 Å². The normalized spacial score (nSPS) is 10.8. The van der Waals surface area contributed by atoms with Crippen molar-refractivity contribution in [2.75, 3.05) is 25.5 Å². The van der Waals surface area contributed by atoms with Crippen LogP contribution in [0.2, 0.25) is 0 Å². The van der Waals surface area contributed by atoms with Crippen LogP contribution >= 0.6 is 0 Å². The minimum Gasteiger partial charge on any atom is -0.367 e. The molecule has 0 radical (unpaired) electrons. The quantitative estimate of drug-likeness (QED) is 0.720. The molecular weight excluding hydrogens is 190 g/mol. The molecule has 5 heteroatoms. The van der Waals surface area contributed by atoms with Crippen LogP contribution in [0.5, 0.6) is 0 Å². The molecule has 0 saturated heterocycles. The number of nitrogens with zero attached hydrogens (tertiary/aromatic N) is 3. The number of fused-ring (bicyclic) bond motifs is 1. The zero-order valence-corrected chi connectivity index (χ0v) is 8.99. The molecule has 15 heavy (non-hydrogen) atoms. The van der Waals surface area contributed by atoms with E-state index in [1.54, 1.807) is 6.20 Å². The number of aromatic nitrogens is 3. The van der Waals surface area contributed by atoms with Crippen molar-refractivity contribution >= 4 is 11.3 Å². The van der Waals surface area contributed by atoms with Gasteiger partial charge in [-0.3, -0.25) is 0 Å². The predicted octanol–water partition coefficient (Wildman–Crippen LogP) is 0.669. The van der Waals surface area contributed by atoms with Gasteiger partial charge in [0.1, 0.15) is 5.52 Å². The second-order valence-corrected chi connectivity index (χ2v) is 3.42. The summed E-state index contributed by atoms with van der Waals surface area (Å²) in [6.45, 7) is 3.74. The Hall–Kier alpha value is -1.62. The summed E-state index contributed by atoms with van der Waals surface area (Å²) in [5.41, 5.74) is 2.02. The first-order valence-corrected chi connectivity index (χ1v) is 5.01. The number of likely N-dealkylation sites (N-methyl/N-ethyl adjacent to an activating group) is 1. The van der Waals surface area contributed by atoms with E-state index < -0.39 is 0 Å². The van der Waals surface area contributed by atoms with Gasteiger partial charge >= 0.3 is 0 Å². The Morgan fingerprint density at radius 3 is 3.07 bits per heavy atom. The smallest absolute Gasteiger partial charge is 0.152 e. The minimum absolute atomic E-state index is 0.855. The third-order valence-electron chi connectivity index (χ3n) is 2.18. The van der Waals surface area contributed by atoms with E-state index in [4.69, 9.17) is 0 Å². The number of rotatable bonds is 4. The highest BCUT2D eigenvalue weighted by atomic mass is 15.2. The van der Waals surface area contributed by atoms with Gasteiger partial charge in [0.25, 0.3) is 0 Å². The molecular formula is C10H15N5. The van der Waals surface area contributed by atoms with E-state index in [1.807, 2.05) is 30.8 Å². The first-order chi connectivity index (χ1) is 7.31. The minimum atomic E-state index is 0.855. The fourth-order valence-electron chi connectivity index (χ4n) is 1.49. The molecule has 0 atom stereocenters. The van der Waals surface area contributed by atoms with Crippen molar-refractivity contribution in [2.45, 2.75) is 6.92 Å². The number of nitrogens with one attached hydrogen (secondary N) is 2. The lowest BCUT2D eigenvalue weighted by molar-refractivity contribution is 0.820. The van der Waals surface area contributed by atoms with Crippen LogP contribution in [-0.4, -0.2) is 34.7 Å². The topological polar surface area (TPSA) is 54.2 Å². The number of anilines is 1. The summed E-state index contributed by atoms with van der Waals surface area (Å²) in [5.74, 6) is 0.883. The maximum atomic E-state index is 4.32. The average molecular weight is 205 g/mol. The molecule has 0 saturated carbocycles. The van der Waals surface area contributed by atoms with Gasteiger partial charge in [-0.1, -0.05) is 0 Å². The Kier molecular flexibility index (Phi) is 2.82. The van der Waals surface area contributed by atoms with Crippen LogP contribution < -0.4 is 10.6 Å². The molecule has 2 aromatic rings. The van der Waals surface area contributed by atoms with Gasteiger partial charge in [0, 0.05) is 25.5 Å². The Morgan fingerprint density at radius 1 is 1.40 bits per heavy atom. The molecule has 0 unspecified atom stereocenters. The van der Waals surface area contributed by atoms with Crippen LogP contribution in [0.25, 0.3) is 5.52 Å².